The number of carbonyl (C=O) groups excluding carboxylic acids is 2. The second-order valence-electron chi connectivity index (χ2n) is 5.77. The Kier molecular flexibility index (Phi) is 4.29. The van der Waals surface area contributed by atoms with Crippen molar-refractivity contribution < 1.29 is 18.7 Å². The summed E-state index contributed by atoms with van der Waals surface area (Å²) in [5.41, 5.74) is 3.32. The molecule has 1 N–H and O–H groups in total. The summed E-state index contributed by atoms with van der Waals surface area (Å²) in [4.78, 5) is 25.8. The molecular formula is C18H20N2O4. The minimum atomic E-state index is -0.338. The van der Waals surface area contributed by atoms with Gasteiger partial charge in [-0.3, -0.25) is 9.69 Å². The molecule has 2 amide bonds. The Morgan fingerprint density at radius 1 is 1.29 bits per heavy atom. The Labute approximate surface area is 140 Å². The summed E-state index contributed by atoms with van der Waals surface area (Å²) in [6.07, 6.45) is 0.395. The van der Waals surface area contributed by atoms with Gasteiger partial charge in [-0.1, -0.05) is 0 Å². The van der Waals surface area contributed by atoms with Crippen molar-refractivity contribution in [1.29, 1.82) is 0 Å². The fourth-order valence-electron chi connectivity index (χ4n) is 2.93. The molecule has 2 heterocycles. The molecule has 0 aliphatic carbocycles. The summed E-state index contributed by atoms with van der Waals surface area (Å²) in [7, 11) is 0. The molecule has 0 bridgehead atoms. The minimum absolute atomic E-state index is 0.277. The SMILES string of the molecule is CCOC(=O)N1CCc2cc(NC(=O)c3oc(C)cc3C)ccc21. The molecule has 24 heavy (non-hydrogen) atoms. The first-order valence-electron chi connectivity index (χ1n) is 7.95. The van der Waals surface area contributed by atoms with Gasteiger partial charge < -0.3 is 14.5 Å². The van der Waals surface area contributed by atoms with E-state index >= 15 is 0 Å². The molecular weight excluding hydrogens is 308 g/mol. The predicted octanol–water partition coefficient (Wildman–Crippen LogP) is 3.67. The molecule has 6 heteroatoms. The Bertz CT molecular complexity index is 794. The first kappa shape index (κ1) is 16.1. The van der Waals surface area contributed by atoms with Crippen molar-refractivity contribution in [3.8, 4) is 0 Å². The van der Waals surface area contributed by atoms with E-state index in [2.05, 4.69) is 5.32 Å². The van der Waals surface area contributed by atoms with Gasteiger partial charge in [-0.2, -0.15) is 0 Å². The van der Waals surface area contributed by atoms with Gasteiger partial charge in [0.15, 0.2) is 5.76 Å². The number of carbonyl (C=O) groups is 2. The topological polar surface area (TPSA) is 71.8 Å². The molecule has 126 valence electrons. The molecule has 0 unspecified atom stereocenters. The molecule has 1 aromatic carbocycles. The van der Waals surface area contributed by atoms with Crippen molar-refractivity contribution in [2.45, 2.75) is 27.2 Å². The van der Waals surface area contributed by atoms with Crippen molar-refractivity contribution in [2.24, 2.45) is 0 Å². The van der Waals surface area contributed by atoms with Gasteiger partial charge in [0.1, 0.15) is 5.76 Å². The number of hydrogen-bond donors (Lipinski definition) is 1. The van der Waals surface area contributed by atoms with Crippen LogP contribution in [-0.2, 0) is 11.2 Å². The predicted molar refractivity (Wildman–Crippen MR) is 90.6 cm³/mol. The average molecular weight is 328 g/mol. The van der Waals surface area contributed by atoms with Crippen LogP contribution in [0.1, 0.15) is 34.4 Å². The number of rotatable bonds is 3. The fourth-order valence-corrected chi connectivity index (χ4v) is 2.93. The number of fused-ring (bicyclic) bond motifs is 1. The van der Waals surface area contributed by atoms with Crippen LogP contribution < -0.4 is 10.2 Å². The highest BCUT2D eigenvalue weighted by molar-refractivity contribution is 6.03. The molecule has 0 saturated carbocycles. The molecule has 2 aromatic rings. The van der Waals surface area contributed by atoms with E-state index in [0.717, 1.165) is 23.2 Å². The zero-order chi connectivity index (χ0) is 17.3. The first-order valence-corrected chi connectivity index (χ1v) is 7.95. The normalized spacial score (nSPS) is 12.9. The van der Waals surface area contributed by atoms with Gasteiger partial charge in [-0.25, -0.2) is 4.79 Å². The molecule has 0 saturated heterocycles. The van der Waals surface area contributed by atoms with E-state index in [1.165, 1.54) is 0 Å². The van der Waals surface area contributed by atoms with Gasteiger partial charge in [-0.05, 0) is 57.0 Å². The Morgan fingerprint density at radius 2 is 2.08 bits per heavy atom. The van der Waals surface area contributed by atoms with Crippen LogP contribution in [0.5, 0.6) is 0 Å². The maximum absolute atomic E-state index is 12.3. The number of ether oxygens (including phenoxy) is 1. The molecule has 1 aliphatic heterocycles. The Balaban J connectivity index is 1.77. The van der Waals surface area contributed by atoms with Gasteiger partial charge in [0.25, 0.3) is 5.91 Å². The van der Waals surface area contributed by atoms with E-state index in [1.807, 2.05) is 32.0 Å². The number of nitrogens with zero attached hydrogens (tertiary/aromatic N) is 1. The van der Waals surface area contributed by atoms with Gasteiger partial charge in [0.2, 0.25) is 0 Å². The monoisotopic (exact) mass is 328 g/mol. The van der Waals surface area contributed by atoms with Crippen LogP contribution in [0.15, 0.2) is 28.7 Å². The zero-order valence-corrected chi connectivity index (χ0v) is 14.0. The highest BCUT2D eigenvalue weighted by Crippen LogP contribution is 2.31. The van der Waals surface area contributed by atoms with Crippen LogP contribution in [0.25, 0.3) is 0 Å². The summed E-state index contributed by atoms with van der Waals surface area (Å²) in [6, 6.07) is 7.32. The largest absolute Gasteiger partial charge is 0.456 e. The molecule has 0 radical (unpaired) electrons. The number of nitrogens with one attached hydrogen (secondary N) is 1. The quantitative estimate of drug-likeness (QED) is 0.933. The van der Waals surface area contributed by atoms with Crippen LogP contribution in [0, 0.1) is 13.8 Å². The lowest BCUT2D eigenvalue weighted by Gasteiger charge is -2.16. The summed E-state index contributed by atoms with van der Waals surface area (Å²) in [5, 5.41) is 2.84. The highest BCUT2D eigenvalue weighted by Gasteiger charge is 2.26. The fraction of sp³-hybridized carbons (Fsp3) is 0.333. The molecule has 0 spiro atoms. The summed E-state index contributed by atoms with van der Waals surface area (Å²) < 4.78 is 10.5. The van der Waals surface area contributed by atoms with E-state index in [1.54, 1.807) is 17.9 Å². The lowest BCUT2D eigenvalue weighted by atomic mass is 10.1. The van der Waals surface area contributed by atoms with E-state index in [0.29, 0.717) is 30.4 Å². The summed E-state index contributed by atoms with van der Waals surface area (Å²) in [5.74, 6) is 0.749. The van der Waals surface area contributed by atoms with Crippen LogP contribution in [0.3, 0.4) is 0 Å². The van der Waals surface area contributed by atoms with Gasteiger partial charge in [0.05, 0.1) is 12.3 Å². The van der Waals surface area contributed by atoms with Crippen molar-refractivity contribution in [1.82, 2.24) is 0 Å². The summed E-state index contributed by atoms with van der Waals surface area (Å²) >= 11 is 0. The maximum atomic E-state index is 12.3. The number of aryl methyl sites for hydroxylation is 2. The van der Waals surface area contributed by atoms with Crippen LogP contribution in [0.4, 0.5) is 16.2 Å². The van der Waals surface area contributed by atoms with Gasteiger partial charge in [-0.15, -0.1) is 0 Å². The molecule has 0 atom stereocenters. The Morgan fingerprint density at radius 3 is 2.75 bits per heavy atom. The molecule has 0 fully saturated rings. The minimum Gasteiger partial charge on any atom is -0.456 e. The van der Waals surface area contributed by atoms with E-state index in [9.17, 15) is 9.59 Å². The number of benzene rings is 1. The highest BCUT2D eigenvalue weighted by atomic mass is 16.6. The molecule has 3 rings (SSSR count). The Hall–Kier alpha value is -2.76. The third-order valence-electron chi connectivity index (χ3n) is 3.97. The van der Waals surface area contributed by atoms with E-state index in [4.69, 9.17) is 9.15 Å². The van der Waals surface area contributed by atoms with Crippen LogP contribution in [0.2, 0.25) is 0 Å². The summed E-state index contributed by atoms with van der Waals surface area (Å²) in [6.45, 7) is 6.36. The third-order valence-corrected chi connectivity index (χ3v) is 3.97. The van der Waals surface area contributed by atoms with Gasteiger partial charge >= 0.3 is 6.09 Å². The van der Waals surface area contributed by atoms with Crippen LogP contribution in [-0.4, -0.2) is 25.2 Å². The third kappa shape index (κ3) is 2.99. The number of anilines is 2. The lowest BCUT2D eigenvalue weighted by molar-refractivity contribution is 0.0994. The van der Waals surface area contributed by atoms with Crippen molar-refractivity contribution in [3.63, 3.8) is 0 Å². The zero-order valence-electron chi connectivity index (χ0n) is 14.0. The maximum Gasteiger partial charge on any atom is 0.414 e. The molecule has 1 aliphatic rings. The standard InChI is InChI=1S/C18H20N2O4/c1-4-23-18(22)20-8-7-13-10-14(5-6-15(13)20)19-17(21)16-11(2)9-12(3)24-16/h5-6,9-10H,4,7-8H2,1-3H3,(H,19,21). The second kappa shape index (κ2) is 6.39. The lowest BCUT2D eigenvalue weighted by Crippen LogP contribution is -2.29. The van der Waals surface area contributed by atoms with E-state index in [-0.39, 0.29) is 12.0 Å². The first-order chi connectivity index (χ1) is 11.5. The number of furan rings is 1. The number of amides is 2. The van der Waals surface area contributed by atoms with Crippen molar-refractivity contribution in [2.75, 3.05) is 23.4 Å². The average Bonchev–Trinajstić information content (AvgIpc) is 3.10. The molecule has 1 aromatic heterocycles. The second-order valence-corrected chi connectivity index (χ2v) is 5.77. The number of hydrogen-bond acceptors (Lipinski definition) is 4. The van der Waals surface area contributed by atoms with Gasteiger partial charge in [0, 0.05) is 17.8 Å². The smallest absolute Gasteiger partial charge is 0.414 e. The molecule has 6 nitrogen and oxygen atoms in total. The van der Waals surface area contributed by atoms with E-state index < -0.39 is 0 Å². The van der Waals surface area contributed by atoms with Crippen LogP contribution >= 0.6 is 0 Å². The van der Waals surface area contributed by atoms with Crippen molar-refractivity contribution >= 4 is 23.4 Å². The van der Waals surface area contributed by atoms with Crippen molar-refractivity contribution in [3.05, 3.63) is 46.9 Å².